The Morgan fingerprint density at radius 1 is 1.45 bits per heavy atom. The van der Waals surface area contributed by atoms with Crippen molar-refractivity contribution in [2.45, 2.75) is 25.8 Å². The molecule has 114 valence electrons. The maximum absolute atomic E-state index is 9.92. The molecule has 4 nitrogen and oxygen atoms in total. The van der Waals surface area contributed by atoms with Crippen LogP contribution in [-0.4, -0.2) is 24.8 Å². The quantitative estimate of drug-likeness (QED) is 0.767. The molecule has 6 heteroatoms. The van der Waals surface area contributed by atoms with Crippen LogP contribution >= 0.6 is 28.3 Å². The van der Waals surface area contributed by atoms with E-state index >= 15 is 0 Å². The zero-order chi connectivity index (χ0) is 13.8. The Hall–Kier alpha value is -0.490. The Morgan fingerprint density at radius 3 is 2.70 bits per heavy atom. The summed E-state index contributed by atoms with van der Waals surface area (Å²) in [6, 6.07) is 3.74. The van der Waals surface area contributed by atoms with Gasteiger partial charge in [-0.05, 0) is 72.4 Å². The molecule has 0 aliphatic carbocycles. The van der Waals surface area contributed by atoms with Crippen LogP contribution in [0.15, 0.2) is 16.6 Å². The third-order valence-corrected chi connectivity index (χ3v) is 4.23. The van der Waals surface area contributed by atoms with E-state index in [1.807, 2.05) is 19.1 Å². The number of halogens is 2. The van der Waals surface area contributed by atoms with Gasteiger partial charge in [-0.3, -0.25) is 0 Å². The van der Waals surface area contributed by atoms with E-state index in [-0.39, 0.29) is 24.2 Å². The average Bonchev–Trinajstić information content (AvgIpc) is 2.44. The van der Waals surface area contributed by atoms with Gasteiger partial charge in [0.25, 0.3) is 0 Å². The summed E-state index contributed by atoms with van der Waals surface area (Å²) >= 11 is 3.36. The van der Waals surface area contributed by atoms with Crippen molar-refractivity contribution in [3.8, 4) is 11.5 Å². The van der Waals surface area contributed by atoms with Gasteiger partial charge in [0.05, 0.1) is 11.1 Å². The van der Waals surface area contributed by atoms with Gasteiger partial charge >= 0.3 is 0 Å². The number of benzene rings is 1. The van der Waals surface area contributed by atoms with Crippen LogP contribution in [0.1, 0.15) is 31.4 Å². The number of hydrogen-bond acceptors (Lipinski definition) is 4. The van der Waals surface area contributed by atoms with Crippen LogP contribution in [0, 0.1) is 5.92 Å². The van der Waals surface area contributed by atoms with E-state index in [0.29, 0.717) is 22.7 Å². The minimum atomic E-state index is -0.0155. The molecule has 0 bridgehead atoms. The molecule has 1 aromatic carbocycles. The lowest BCUT2D eigenvalue weighted by molar-refractivity contribution is 0.309. The SMILES string of the molecule is CCOc1cc([C@H](N)C2CCNCC2)cc(Br)c1O.Cl. The minimum Gasteiger partial charge on any atom is -0.503 e. The molecule has 0 unspecified atom stereocenters. The van der Waals surface area contributed by atoms with Crippen molar-refractivity contribution in [1.82, 2.24) is 5.32 Å². The Balaban J connectivity index is 0.00000200. The summed E-state index contributed by atoms with van der Waals surface area (Å²) in [5.41, 5.74) is 7.38. The summed E-state index contributed by atoms with van der Waals surface area (Å²) in [5.74, 6) is 1.12. The molecule has 1 aromatic rings. The second-order valence-corrected chi connectivity index (χ2v) is 5.75. The van der Waals surface area contributed by atoms with Crippen molar-refractivity contribution in [3.05, 3.63) is 22.2 Å². The molecule has 0 amide bonds. The molecule has 0 saturated carbocycles. The number of aromatic hydroxyl groups is 1. The molecular weight excluding hydrogens is 344 g/mol. The Morgan fingerprint density at radius 2 is 2.10 bits per heavy atom. The Bertz CT molecular complexity index is 439. The molecule has 1 aliphatic rings. The molecule has 1 aliphatic heterocycles. The summed E-state index contributed by atoms with van der Waals surface area (Å²) in [5, 5.41) is 13.3. The first kappa shape index (κ1) is 17.6. The van der Waals surface area contributed by atoms with Gasteiger partial charge in [0.1, 0.15) is 0 Å². The van der Waals surface area contributed by atoms with Gasteiger partial charge in [-0.15, -0.1) is 12.4 Å². The lowest BCUT2D eigenvalue weighted by Gasteiger charge is -2.28. The first-order valence-electron chi connectivity index (χ1n) is 6.75. The number of rotatable bonds is 4. The molecule has 4 N–H and O–H groups in total. The van der Waals surface area contributed by atoms with Crippen LogP contribution in [0.25, 0.3) is 0 Å². The second kappa shape index (κ2) is 8.08. The number of phenolic OH excluding ortho intramolecular Hbond substituents is 1. The molecule has 0 spiro atoms. The maximum atomic E-state index is 9.92. The predicted molar refractivity (Wildman–Crippen MR) is 86.7 cm³/mol. The van der Waals surface area contributed by atoms with Crippen LogP contribution in [0.4, 0.5) is 0 Å². The molecule has 2 rings (SSSR count). The van der Waals surface area contributed by atoms with Gasteiger partial charge in [-0.1, -0.05) is 0 Å². The van der Waals surface area contributed by atoms with E-state index in [1.165, 1.54) is 0 Å². The highest BCUT2D eigenvalue weighted by Gasteiger charge is 2.23. The fraction of sp³-hybridized carbons (Fsp3) is 0.571. The third kappa shape index (κ3) is 4.01. The fourth-order valence-electron chi connectivity index (χ4n) is 2.53. The van der Waals surface area contributed by atoms with Crippen molar-refractivity contribution in [3.63, 3.8) is 0 Å². The molecule has 0 aromatic heterocycles. The molecule has 1 fully saturated rings. The van der Waals surface area contributed by atoms with Gasteiger partial charge in [-0.25, -0.2) is 0 Å². The fourth-order valence-corrected chi connectivity index (χ4v) is 2.99. The number of phenols is 1. The predicted octanol–water partition coefficient (Wildman–Crippen LogP) is 2.97. The topological polar surface area (TPSA) is 67.5 Å². The van der Waals surface area contributed by atoms with Crippen LogP contribution in [-0.2, 0) is 0 Å². The normalized spacial score (nSPS) is 17.4. The van der Waals surface area contributed by atoms with Gasteiger partial charge in [0, 0.05) is 6.04 Å². The van der Waals surface area contributed by atoms with Crippen LogP contribution in [0.3, 0.4) is 0 Å². The first-order chi connectivity index (χ1) is 9.13. The lowest BCUT2D eigenvalue weighted by atomic mass is 9.86. The molecule has 1 saturated heterocycles. The van der Waals surface area contributed by atoms with Crippen molar-refractivity contribution >= 4 is 28.3 Å². The van der Waals surface area contributed by atoms with Crippen molar-refractivity contribution in [1.29, 1.82) is 0 Å². The van der Waals surface area contributed by atoms with E-state index < -0.39 is 0 Å². The molecule has 1 heterocycles. The summed E-state index contributed by atoms with van der Waals surface area (Å²) in [6.07, 6.45) is 2.17. The number of nitrogens with two attached hydrogens (primary N) is 1. The first-order valence-corrected chi connectivity index (χ1v) is 7.54. The Kier molecular flexibility index (Phi) is 7.09. The smallest absolute Gasteiger partial charge is 0.172 e. The van der Waals surface area contributed by atoms with E-state index in [0.717, 1.165) is 31.5 Å². The zero-order valence-corrected chi connectivity index (χ0v) is 14.0. The average molecular weight is 366 g/mol. The molecular formula is C14H22BrClN2O2. The van der Waals surface area contributed by atoms with Crippen LogP contribution < -0.4 is 15.8 Å². The summed E-state index contributed by atoms with van der Waals surface area (Å²) < 4.78 is 6.08. The summed E-state index contributed by atoms with van der Waals surface area (Å²) in [7, 11) is 0. The lowest BCUT2D eigenvalue weighted by Crippen LogP contribution is -2.33. The van der Waals surface area contributed by atoms with Crippen LogP contribution in [0.2, 0.25) is 0 Å². The monoisotopic (exact) mass is 364 g/mol. The van der Waals surface area contributed by atoms with E-state index in [9.17, 15) is 5.11 Å². The summed E-state index contributed by atoms with van der Waals surface area (Å²) in [6.45, 7) is 4.46. The molecule has 20 heavy (non-hydrogen) atoms. The van der Waals surface area contributed by atoms with Gasteiger partial charge < -0.3 is 20.9 Å². The highest BCUT2D eigenvalue weighted by atomic mass is 79.9. The second-order valence-electron chi connectivity index (χ2n) is 4.90. The minimum absolute atomic E-state index is 0. The molecule has 1 atom stereocenters. The number of piperidine rings is 1. The van der Waals surface area contributed by atoms with Crippen molar-refractivity contribution in [2.24, 2.45) is 11.7 Å². The van der Waals surface area contributed by atoms with Gasteiger partial charge in [-0.2, -0.15) is 0 Å². The zero-order valence-electron chi connectivity index (χ0n) is 11.6. The van der Waals surface area contributed by atoms with Crippen LogP contribution in [0.5, 0.6) is 11.5 Å². The van der Waals surface area contributed by atoms with Crippen molar-refractivity contribution < 1.29 is 9.84 Å². The van der Waals surface area contributed by atoms with Crippen molar-refractivity contribution in [2.75, 3.05) is 19.7 Å². The maximum Gasteiger partial charge on any atom is 0.172 e. The standard InChI is InChI=1S/C14H21BrN2O2.ClH/c1-2-19-12-8-10(7-11(15)14(12)18)13(16)9-3-5-17-6-4-9;/h7-9,13,17-18H,2-6,16H2,1H3;1H/t13-;/m1./s1. The van der Waals surface area contributed by atoms with Gasteiger partial charge in [0.15, 0.2) is 11.5 Å². The summed E-state index contributed by atoms with van der Waals surface area (Å²) in [4.78, 5) is 0. The van der Waals surface area contributed by atoms with E-state index in [2.05, 4.69) is 21.2 Å². The Labute approximate surface area is 134 Å². The highest BCUT2D eigenvalue weighted by Crippen LogP contribution is 2.38. The number of ether oxygens (including phenoxy) is 1. The number of nitrogens with one attached hydrogen (secondary N) is 1. The number of hydrogen-bond donors (Lipinski definition) is 3. The molecule has 0 radical (unpaired) electrons. The third-order valence-electron chi connectivity index (χ3n) is 3.63. The highest BCUT2D eigenvalue weighted by molar-refractivity contribution is 9.10. The van der Waals surface area contributed by atoms with Gasteiger partial charge in [0.2, 0.25) is 0 Å². The largest absolute Gasteiger partial charge is 0.503 e. The van der Waals surface area contributed by atoms with E-state index in [4.69, 9.17) is 10.5 Å². The van der Waals surface area contributed by atoms with E-state index in [1.54, 1.807) is 0 Å².